The Morgan fingerprint density at radius 3 is 2.56 bits per heavy atom. The lowest BCUT2D eigenvalue weighted by Gasteiger charge is -1.98. The van der Waals surface area contributed by atoms with Gasteiger partial charge in [0.05, 0.1) is 11.8 Å². The molecule has 84 valence electrons. The average molecular weight is 300 g/mol. The standard InChI is InChI=1S/C11H10BrNO2S/c12-10-3-1-9(2-4-10)7-13-11-5-6-16(14,15)8-11/h1-7,11H,8H2/t11-/m1/s1. The lowest BCUT2D eigenvalue weighted by Crippen LogP contribution is -2.08. The highest BCUT2D eigenvalue weighted by Crippen LogP contribution is 2.12. The van der Waals surface area contributed by atoms with Crippen LogP contribution in [0, 0.1) is 0 Å². The molecule has 0 spiro atoms. The van der Waals surface area contributed by atoms with E-state index in [1.807, 2.05) is 24.3 Å². The summed E-state index contributed by atoms with van der Waals surface area (Å²) in [5, 5.41) is 1.23. The minimum absolute atomic E-state index is 0.0834. The Hall–Kier alpha value is -0.940. The van der Waals surface area contributed by atoms with Crippen molar-refractivity contribution in [3.63, 3.8) is 0 Å². The van der Waals surface area contributed by atoms with E-state index in [0.29, 0.717) is 0 Å². The molecule has 0 N–H and O–H groups in total. The van der Waals surface area contributed by atoms with Gasteiger partial charge in [0.2, 0.25) is 0 Å². The van der Waals surface area contributed by atoms with E-state index in [1.165, 1.54) is 5.41 Å². The number of benzene rings is 1. The number of rotatable bonds is 2. The Morgan fingerprint density at radius 1 is 1.31 bits per heavy atom. The fraction of sp³-hybridized carbons (Fsp3) is 0.182. The summed E-state index contributed by atoms with van der Waals surface area (Å²) in [4.78, 5) is 4.21. The molecule has 2 rings (SSSR count). The van der Waals surface area contributed by atoms with Gasteiger partial charge < -0.3 is 0 Å². The van der Waals surface area contributed by atoms with Gasteiger partial charge in [-0.1, -0.05) is 28.1 Å². The first kappa shape index (κ1) is 11.5. The lowest BCUT2D eigenvalue weighted by molar-refractivity contribution is 0.604. The van der Waals surface area contributed by atoms with E-state index in [9.17, 15) is 8.42 Å². The quantitative estimate of drug-likeness (QED) is 0.786. The van der Waals surface area contributed by atoms with Crippen LogP contribution in [0.4, 0.5) is 0 Å². The van der Waals surface area contributed by atoms with Crippen LogP contribution in [0.3, 0.4) is 0 Å². The number of halogens is 1. The van der Waals surface area contributed by atoms with Gasteiger partial charge in [0.15, 0.2) is 9.84 Å². The fourth-order valence-electron chi connectivity index (χ4n) is 1.38. The van der Waals surface area contributed by atoms with Crippen molar-refractivity contribution in [2.24, 2.45) is 4.99 Å². The molecule has 1 aromatic carbocycles. The average Bonchev–Trinajstić information content (AvgIpc) is 2.58. The number of nitrogens with zero attached hydrogens (tertiary/aromatic N) is 1. The summed E-state index contributed by atoms with van der Waals surface area (Å²) in [7, 11) is -3.01. The summed E-state index contributed by atoms with van der Waals surface area (Å²) in [6.45, 7) is 0. The highest BCUT2D eigenvalue weighted by Gasteiger charge is 2.19. The van der Waals surface area contributed by atoms with Crippen LogP contribution in [0.25, 0.3) is 0 Å². The first-order chi connectivity index (χ1) is 7.55. The Bertz CT molecular complexity index is 532. The molecule has 1 aliphatic heterocycles. The normalized spacial score (nSPS) is 22.9. The van der Waals surface area contributed by atoms with Gasteiger partial charge in [0.25, 0.3) is 0 Å². The van der Waals surface area contributed by atoms with Crippen LogP contribution in [0.15, 0.2) is 45.2 Å². The van der Waals surface area contributed by atoms with E-state index in [4.69, 9.17) is 0 Å². The van der Waals surface area contributed by atoms with Crippen molar-refractivity contribution in [3.8, 4) is 0 Å². The second-order valence-corrected chi connectivity index (χ2v) is 6.40. The Balaban J connectivity index is 2.06. The summed E-state index contributed by atoms with van der Waals surface area (Å²) in [5.74, 6) is 0.0834. The SMILES string of the molecule is O=S1(=O)C=C[C@@H](N=Cc2ccc(Br)cc2)C1. The van der Waals surface area contributed by atoms with Crippen molar-refractivity contribution in [2.45, 2.75) is 6.04 Å². The van der Waals surface area contributed by atoms with E-state index in [2.05, 4.69) is 20.9 Å². The first-order valence-electron chi connectivity index (χ1n) is 4.75. The molecule has 0 aliphatic carbocycles. The fourth-order valence-corrected chi connectivity index (χ4v) is 2.85. The van der Waals surface area contributed by atoms with Gasteiger partial charge in [-0.15, -0.1) is 0 Å². The molecule has 1 atom stereocenters. The largest absolute Gasteiger partial charge is 0.284 e. The summed E-state index contributed by atoms with van der Waals surface area (Å²) < 4.78 is 23.3. The van der Waals surface area contributed by atoms with Crippen molar-refractivity contribution in [3.05, 3.63) is 45.8 Å². The molecule has 1 heterocycles. The Labute approximate surface area is 103 Å². The third-order valence-electron chi connectivity index (χ3n) is 2.20. The number of hydrogen-bond donors (Lipinski definition) is 0. The van der Waals surface area contributed by atoms with E-state index in [0.717, 1.165) is 10.0 Å². The molecule has 5 heteroatoms. The maximum Gasteiger partial charge on any atom is 0.173 e. The Morgan fingerprint density at radius 2 is 2.00 bits per heavy atom. The second kappa shape index (κ2) is 4.51. The molecular formula is C11H10BrNO2S. The van der Waals surface area contributed by atoms with Crippen LogP contribution >= 0.6 is 15.9 Å². The summed E-state index contributed by atoms with van der Waals surface area (Å²) in [5.41, 5.74) is 0.959. The van der Waals surface area contributed by atoms with Crippen molar-refractivity contribution in [2.75, 3.05) is 5.75 Å². The van der Waals surface area contributed by atoms with Gasteiger partial charge in [-0.25, -0.2) is 8.42 Å². The van der Waals surface area contributed by atoms with Crippen LogP contribution in [-0.2, 0) is 9.84 Å². The third kappa shape index (κ3) is 3.02. The van der Waals surface area contributed by atoms with Crippen molar-refractivity contribution >= 4 is 32.0 Å². The zero-order chi connectivity index (χ0) is 11.6. The summed E-state index contributed by atoms with van der Waals surface area (Å²) >= 11 is 3.34. The number of aliphatic imine (C=N–C) groups is 1. The van der Waals surface area contributed by atoms with E-state index >= 15 is 0 Å². The number of sulfone groups is 1. The first-order valence-corrected chi connectivity index (χ1v) is 7.26. The van der Waals surface area contributed by atoms with Crippen LogP contribution in [0.2, 0.25) is 0 Å². The summed E-state index contributed by atoms with van der Waals surface area (Å²) in [6, 6.07) is 7.43. The highest BCUT2D eigenvalue weighted by molar-refractivity contribution is 9.10. The molecule has 16 heavy (non-hydrogen) atoms. The molecule has 1 aliphatic rings. The smallest absolute Gasteiger partial charge is 0.173 e. The van der Waals surface area contributed by atoms with Gasteiger partial charge in [0.1, 0.15) is 0 Å². The van der Waals surface area contributed by atoms with Crippen LogP contribution in [0.1, 0.15) is 5.56 Å². The minimum Gasteiger partial charge on any atom is -0.284 e. The van der Waals surface area contributed by atoms with Gasteiger partial charge >= 0.3 is 0 Å². The second-order valence-electron chi connectivity index (χ2n) is 3.56. The van der Waals surface area contributed by atoms with Crippen LogP contribution in [0.5, 0.6) is 0 Å². The van der Waals surface area contributed by atoms with Gasteiger partial charge in [-0.05, 0) is 23.8 Å². The molecule has 0 aromatic heterocycles. The highest BCUT2D eigenvalue weighted by atomic mass is 79.9. The van der Waals surface area contributed by atoms with Crippen molar-refractivity contribution < 1.29 is 8.42 Å². The molecule has 3 nitrogen and oxygen atoms in total. The topological polar surface area (TPSA) is 46.5 Å². The van der Waals surface area contributed by atoms with E-state index in [1.54, 1.807) is 12.3 Å². The zero-order valence-corrected chi connectivity index (χ0v) is 10.8. The molecule has 0 radical (unpaired) electrons. The third-order valence-corrected chi connectivity index (χ3v) is 4.10. The zero-order valence-electron chi connectivity index (χ0n) is 8.38. The predicted octanol–water partition coefficient (Wildman–Crippen LogP) is 2.18. The van der Waals surface area contributed by atoms with Crippen molar-refractivity contribution in [1.29, 1.82) is 0 Å². The molecule has 0 bridgehead atoms. The van der Waals surface area contributed by atoms with Crippen LogP contribution in [-0.4, -0.2) is 26.4 Å². The molecular weight excluding hydrogens is 290 g/mol. The van der Waals surface area contributed by atoms with Crippen molar-refractivity contribution in [1.82, 2.24) is 0 Å². The molecule has 0 unspecified atom stereocenters. The van der Waals surface area contributed by atoms with Gasteiger partial charge in [-0.3, -0.25) is 4.99 Å². The maximum absolute atomic E-state index is 11.1. The van der Waals surface area contributed by atoms with E-state index in [-0.39, 0.29) is 11.8 Å². The molecule has 0 saturated carbocycles. The Kier molecular flexibility index (Phi) is 3.25. The lowest BCUT2D eigenvalue weighted by atomic mass is 10.2. The molecule has 1 aromatic rings. The predicted molar refractivity (Wildman–Crippen MR) is 68.5 cm³/mol. The van der Waals surface area contributed by atoms with E-state index < -0.39 is 9.84 Å². The van der Waals surface area contributed by atoms with Crippen LogP contribution < -0.4 is 0 Å². The summed E-state index contributed by atoms with van der Waals surface area (Å²) in [6.07, 6.45) is 3.31. The van der Waals surface area contributed by atoms with Gasteiger partial charge in [0, 0.05) is 16.1 Å². The molecule has 0 amide bonds. The number of hydrogen-bond acceptors (Lipinski definition) is 3. The maximum atomic E-state index is 11.1. The monoisotopic (exact) mass is 299 g/mol. The van der Waals surface area contributed by atoms with Gasteiger partial charge in [-0.2, -0.15) is 0 Å². The molecule has 0 fully saturated rings. The minimum atomic E-state index is -3.01. The molecule has 0 saturated heterocycles.